The lowest BCUT2D eigenvalue weighted by atomic mass is 10.0. The number of nitriles is 1. The zero-order valence-corrected chi connectivity index (χ0v) is 14.9. The number of nitro benzene ring substituents is 1. The number of hydrogen-bond acceptors (Lipinski definition) is 5. The van der Waals surface area contributed by atoms with Gasteiger partial charge < -0.3 is 4.74 Å². The predicted octanol–water partition coefficient (Wildman–Crippen LogP) is 5.02. The zero-order valence-electron chi connectivity index (χ0n) is 14.9. The molecule has 0 fully saturated rings. The van der Waals surface area contributed by atoms with E-state index in [2.05, 4.69) is 0 Å². The van der Waals surface area contributed by atoms with E-state index in [1.165, 1.54) is 54.6 Å². The number of non-ortho nitro benzene ring substituents is 1. The van der Waals surface area contributed by atoms with E-state index in [1.54, 1.807) is 24.3 Å². The summed E-state index contributed by atoms with van der Waals surface area (Å²) in [5.41, 5.74) is 0.857. The maximum absolute atomic E-state index is 13.9. The molecule has 0 atom stereocenters. The molecule has 142 valence electrons. The molecule has 0 radical (unpaired) electrons. The van der Waals surface area contributed by atoms with Crippen molar-refractivity contribution < 1.29 is 18.8 Å². The largest absolute Gasteiger partial charge is 0.423 e. The minimum Gasteiger partial charge on any atom is -0.423 e. The average Bonchev–Trinajstić information content (AvgIpc) is 2.73. The van der Waals surface area contributed by atoms with Gasteiger partial charge >= 0.3 is 5.97 Å². The Morgan fingerprint density at radius 2 is 1.79 bits per heavy atom. The molecule has 6 nitrogen and oxygen atoms in total. The SMILES string of the molecule is N#C/C(=C/c1cccc(OC(=O)c2ccc([N+](=O)[O-])cc2)c1)c1ccccc1F. The van der Waals surface area contributed by atoms with Gasteiger partial charge in [-0.05, 0) is 42.0 Å². The summed E-state index contributed by atoms with van der Waals surface area (Å²) in [7, 11) is 0. The second-order valence-electron chi connectivity index (χ2n) is 5.92. The van der Waals surface area contributed by atoms with Gasteiger partial charge in [0.05, 0.1) is 22.1 Å². The first-order valence-electron chi connectivity index (χ1n) is 8.41. The number of hydrogen-bond donors (Lipinski definition) is 0. The molecule has 0 spiro atoms. The number of allylic oxidation sites excluding steroid dienone is 1. The van der Waals surface area contributed by atoms with Crippen LogP contribution in [0, 0.1) is 27.3 Å². The Bertz CT molecular complexity index is 1150. The van der Waals surface area contributed by atoms with Crippen LogP contribution in [0.3, 0.4) is 0 Å². The number of benzene rings is 3. The first kappa shape index (κ1) is 19.5. The van der Waals surface area contributed by atoms with Gasteiger partial charge in [0.15, 0.2) is 0 Å². The highest BCUT2D eigenvalue weighted by molar-refractivity contribution is 5.92. The van der Waals surface area contributed by atoms with Gasteiger partial charge in [0, 0.05) is 17.7 Å². The second kappa shape index (κ2) is 8.59. The number of rotatable bonds is 5. The molecular weight excluding hydrogens is 375 g/mol. The van der Waals surface area contributed by atoms with Gasteiger partial charge in [0.25, 0.3) is 5.69 Å². The topological polar surface area (TPSA) is 93.2 Å². The van der Waals surface area contributed by atoms with Crippen LogP contribution in [0.5, 0.6) is 5.75 Å². The van der Waals surface area contributed by atoms with Crippen LogP contribution >= 0.6 is 0 Å². The fourth-order valence-corrected chi connectivity index (χ4v) is 2.57. The minimum atomic E-state index is -0.685. The van der Waals surface area contributed by atoms with Gasteiger partial charge in [0.2, 0.25) is 0 Å². The molecule has 7 heteroatoms. The number of carbonyl (C=O) groups is 1. The van der Waals surface area contributed by atoms with Crippen molar-refractivity contribution >= 4 is 23.3 Å². The number of esters is 1. The van der Waals surface area contributed by atoms with Crippen LogP contribution in [-0.2, 0) is 0 Å². The van der Waals surface area contributed by atoms with Crippen molar-refractivity contribution in [1.29, 1.82) is 5.26 Å². The third kappa shape index (κ3) is 4.70. The summed E-state index contributed by atoms with van der Waals surface area (Å²) in [5.74, 6) is -0.982. The summed E-state index contributed by atoms with van der Waals surface area (Å²) >= 11 is 0. The molecule has 3 aromatic rings. The Kier molecular flexibility index (Phi) is 5.76. The second-order valence-corrected chi connectivity index (χ2v) is 5.92. The summed E-state index contributed by atoms with van der Waals surface area (Å²) in [6.07, 6.45) is 1.49. The summed E-state index contributed by atoms with van der Waals surface area (Å²) in [5, 5.41) is 20.1. The quantitative estimate of drug-likeness (QED) is 0.153. The van der Waals surface area contributed by atoms with Crippen molar-refractivity contribution in [2.45, 2.75) is 0 Å². The van der Waals surface area contributed by atoms with Crippen LogP contribution in [0.15, 0.2) is 72.8 Å². The van der Waals surface area contributed by atoms with Crippen LogP contribution in [0.2, 0.25) is 0 Å². The van der Waals surface area contributed by atoms with Crippen molar-refractivity contribution in [2.75, 3.05) is 0 Å². The number of carbonyl (C=O) groups excluding carboxylic acids is 1. The van der Waals surface area contributed by atoms with Crippen LogP contribution in [-0.4, -0.2) is 10.9 Å². The Balaban J connectivity index is 1.82. The number of nitro groups is 1. The third-order valence-electron chi connectivity index (χ3n) is 3.98. The van der Waals surface area contributed by atoms with Crippen molar-refractivity contribution in [2.24, 2.45) is 0 Å². The summed E-state index contributed by atoms with van der Waals surface area (Å²) in [6.45, 7) is 0. The average molecular weight is 388 g/mol. The Morgan fingerprint density at radius 3 is 2.45 bits per heavy atom. The molecule has 0 unspecified atom stereocenters. The third-order valence-corrected chi connectivity index (χ3v) is 3.98. The monoisotopic (exact) mass is 388 g/mol. The lowest BCUT2D eigenvalue weighted by Gasteiger charge is -2.06. The smallest absolute Gasteiger partial charge is 0.343 e. The predicted molar refractivity (Wildman–Crippen MR) is 104 cm³/mol. The molecule has 29 heavy (non-hydrogen) atoms. The van der Waals surface area contributed by atoms with E-state index in [1.807, 2.05) is 6.07 Å². The number of nitrogens with zero attached hydrogens (tertiary/aromatic N) is 2. The fraction of sp³-hybridized carbons (Fsp3) is 0. The Morgan fingerprint density at radius 1 is 1.07 bits per heavy atom. The molecule has 0 amide bonds. The number of ether oxygens (including phenoxy) is 1. The molecule has 0 aliphatic heterocycles. The molecule has 3 aromatic carbocycles. The van der Waals surface area contributed by atoms with Gasteiger partial charge in [0.1, 0.15) is 11.6 Å². The molecule has 0 saturated heterocycles. The molecule has 0 aliphatic rings. The molecule has 0 N–H and O–H groups in total. The minimum absolute atomic E-state index is 0.127. The van der Waals surface area contributed by atoms with Crippen LogP contribution < -0.4 is 4.74 Å². The van der Waals surface area contributed by atoms with Crippen molar-refractivity contribution in [1.82, 2.24) is 0 Å². The van der Waals surface area contributed by atoms with E-state index in [-0.39, 0.29) is 28.1 Å². The molecule has 0 bridgehead atoms. The summed E-state index contributed by atoms with van der Waals surface area (Å²) in [4.78, 5) is 22.4. The highest BCUT2D eigenvalue weighted by Crippen LogP contribution is 2.23. The molecule has 0 aliphatic carbocycles. The molecule has 0 saturated carbocycles. The highest BCUT2D eigenvalue weighted by atomic mass is 19.1. The van der Waals surface area contributed by atoms with Gasteiger partial charge in [-0.15, -0.1) is 0 Å². The van der Waals surface area contributed by atoms with E-state index < -0.39 is 16.7 Å². The standard InChI is InChI=1S/C22H13FN2O4/c23-21-7-2-1-6-20(21)17(14-24)12-15-4-3-5-19(13-15)29-22(26)16-8-10-18(11-9-16)25(27)28/h1-13H/b17-12-. The first-order valence-corrected chi connectivity index (χ1v) is 8.41. The van der Waals surface area contributed by atoms with E-state index in [0.717, 1.165) is 0 Å². The maximum atomic E-state index is 13.9. The molecular formula is C22H13FN2O4. The molecule has 3 rings (SSSR count). The van der Waals surface area contributed by atoms with E-state index in [9.17, 15) is 24.6 Å². The first-order chi connectivity index (χ1) is 14.0. The van der Waals surface area contributed by atoms with E-state index >= 15 is 0 Å². The highest BCUT2D eigenvalue weighted by Gasteiger charge is 2.12. The van der Waals surface area contributed by atoms with Gasteiger partial charge in [-0.3, -0.25) is 10.1 Å². The normalized spacial score (nSPS) is 10.8. The van der Waals surface area contributed by atoms with Gasteiger partial charge in [-0.2, -0.15) is 5.26 Å². The van der Waals surface area contributed by atoms with Crippen LogP contribution in [0.1, 0.15) is 21.5 Å². The summed E-state index contributed by atoms with van der Waals surface area (Å²) in [6, 6.07) is 19.3. The lowest BCUT2D eigenvalue weighted by Crippen LogP contribution is -2.08. The van der Waals surface area contributed by atoms with Crippen LogP contribution in [0.25, 0.3) is 11.6 Å². The number of halogens is 1. The van der Waals surface area contributed by atoms with Gasteiger partial charge in [-0.1, -0.05) is 30.3 Å². The van der Waals surface area contributed by atoms with Crippen molar-refractivity contribution in [3.05, 3.63) is 105 Å². The summed E-state index contributed by atoms with van der Waals surface area (Å²) < 4.78 is 19.2. The lowest BCUT2D eigenvalue weighted by molar-refractivity contribution is -0.384. The van der Waals surface area contributed by atoms with Crippen LogP contribution in [0.4, 0.5) is 10.1 Å². The molecule has 0 heterocycles. The maximum Gasteiger partial charge on any atom is 0.343 e. The fourth-order valence-electron chi connectivity index (χ4n) is 2.57. The Hall–Kier alpha value is -4.31. The Labute approximate surface area is 165 Å². The molecule has 0 aromatic heterocycles. The van der Waals surface area contributed by atoms with Gasteiger partial charge in [-0.25, -0.2) is 9.18 Å². The van der Waals surface area contributed by atoms with Crippen molar-refractivity contribution in [3.8, 4) is 11.8 Å². The van der Waals surface area contributed by atoms with E-state index in [4.69, 9.17) is 4.74 Å². The zero-order chi connectivity index (χ0) is 20.8. The van der Waals surface area contributed by atoms with Crippen molar-refractivity contribution in [3.63, 3.8) is 0 Å². The van der Waals surface area contributed by atoms with E-state index in [0.29, 0.717) is 5.56 Å².